The molecule has 2 aliphatic heterocycles. The van der Waals surface area contributed by atoms with E-state index in [1.165, 1.54) is 12.1 Å². The summed E-state index contributed by atoms with van der Waals surface area (Å²) in [6, 6.07) is 5.79. The molecule has 0 aliphatic carbocycles. The summed E-state index contributed by atoms with van der Waals surface area (Å²) in [4.78, 5) is 29.5. The quantitative estimate of drug-likeness (QED) is 0.703. The van der Waals surface area contributed by atoms with Gasteiger partial charge in [0.15, 0.2) is 0 Å². The minimum Gasteiger partial charge on any atom is -0.342 e. The standard InChI is InChI=1S/C23H33FN2O2S/c1-17(16-22(2,3)4)15-20(27)25-11-9-23(10-12-25)26(13-14-29-23)21(28)18-5-7-19(24)8-6-18/h5-8,17H,9-16H2,1-4H3. The SMILES string of the molecule is CC(CC(=O)N1CCC2(CC1)SCCN2C(=O)c1ccc(F)cc1)CC(C)(C)C. The highest BCUT2D eigenvalue weighted by atomic mass is 32.2. The van der Waals surface area contributed by atoms with Gasteiger partial charge in [-0.2, -0.15) is 0 Å². The Morgan fingerprint density at radius 2 is 1.76 bits per heavy atom. The van der Waals surface area contributed by atoms with Crippen molar-refractivity contribution >= 4 is 23.6 Å². The molecule has 1 unspecified atom stereocenters. The van der Waals surface area contributed by atoms with Crippen molar-refractivity contribution in [2.24, 2.45) is 11.3 Å². The normalized spacial score (nSPS) is 20.2. The molecule has 0 N–H and O–H groups in total. The van der Waals surface area contributed by atoms with Crippen molar-refractivity contribution in [1.29, 1.82) is 0 Å². The van der Waals surface area contributed by atoms with Gasteiger partial charge in [0.1, 0.15) is 5.82 Å². The van der Waals surface area contributed by atoms with Crippen molar-refractivity contribution in [3.63, 3.8) is 0 Å². The minimum atomic E-state index is -0.334. The Bertz CT molecular complexity index is 736. The number of hydrogen-bond acceptors (Lipinski definition) is 3. The Labute approximate surface area is 178 Å². The molecule has 160 valence electrons. The fourth-order valence-corrected chi connectivity index (χ4v) is 6.16. The van der Waals surface area contributed by atoms with E-state index in [1.807, 2.05) is 21.6 Å². The molecule has 0 radical (unpaired) electrons. The average molecular weight is 421 g/mol. The average Bonchev–Trinajstić information content (AvgIpc) is 3.03. The molecule has 2 aliphatic rings. The highest BCUT2D eigenvalue weighted by Gasteiger charge is 2.47. The van der Waals surface area contributed by atoms with Gasteiger partial charge >= 0.3 is 0 Å². The number of likely N-dealkylation sites (tertiary alicyclic amines) is 1. The van der Waals surface area contributed by atoms with Crippen molar-refractivity contribution < 1.29 is 14.0 Å². The van der Waals surface area contributed by atoms with Gasteiger partial charge in [-0.3, -0.25) is 9.59 Å². The molecule has 1 aromatic rings. The van der Waals surface area contributed by atoms with E-state index in [0.717, 1.165) is 25.0 Å². The number of carbonyl (C=O) groups is 2. The van der Waals surface area contributed by atoms with Crippen molar-refractivity contribution in [2.45, 2.75) is 58.2 Å². The summed E-state index contributed by atoms with van der Waals surface area (Å²) in [6.07, 6.45) is 3.22. The van der Waals surface area contributed by atoms with E-state index >= 15 is 0 Å². The summed E-state index contributed by atoms with van der Waals surface area (Å²) in [5.74, 6) is 1.14. The first kappa shape index (κ1) is 22.1. The monoisotopic (exact) mass is 420 g/mol. The summed E-state index contributed by atoms with van der Waals surface area (Å²) in [7, 11) is 0. The highest BCUT2D eigenvalue weighted by molar-refractivity contribution is 8.00. The second-order valence-corrected chi connectivity index (χ2v) is 11.2. The predicted octanol–water partition coefficient (Wildman–Crippen LogP) is 4.80. The summed E-state index contributed by atoms with van der Waals surface area (Å²) < 4.78 is 13.2. The first-order valence-electron chi connectivity index (χ1n) is 10.6. The topological polar surface area (TPSA) is 40.6 Å². The van der Waals surface area contributed by atoms with Crippen LogP contribution in [-0.4, -0.2) is 51.9 Å². The lowest BCUT2D eigenvalue weighted by atomic mass is 9.84. The van der Waals surface area contributed by atoms with Gasteiger partial charge in [0.25, 0.3) is 5.91 Å². The molecule has 2 heterocycles. The van der Waals surface area contributed by atoms with Gasteiger partial charge in [-0.1, -0.05) is 27.7 Å². The van der Waals surface area contributed by atoms with Gasteiger partial charge in [-0.05, 0) is 54.9 Å². The second kappa shape index (κ2) is 8.66. The number of amides is 2. The van der Waals surface area contributed by atoms with Crippen LogP contribution in [0.1, 0.15) is 63.7 Å². The molecule has 0 aromatic heterocycles. The zero-order chi connectivity index (χ0) is 21.2. The van der Waals surface area contributed by atoms with Crippen LogP contribution in [0.5, 0.6) is 0 Å². The minimum absolute atomic E-state index is 0.0337. The Kier molecular flexibility index (Phi) is 6.61. The maximum Gasteiger partial charge on any atom is 0.254 e. The van der Waals surface area contributed by atoms with E-state index < -0.39 is 0 Å². The maximum absolute atomic E-state index is 13.2. The van der Waals surface area contributed by atoms with Gasteiger partial charge in [-0.25, -0.2) is 4.39 Å². The van der Waals surface area contributed by atoms with E-state index in [9.17, 15) is 14.0 Å². The fraction of sp³-hybridized carbons (Fsp3) is 0.652. The molecule has 1 spiro atoms. The molecule has 1 aromatic carbocycles. The molecular weight excluding hydrogens is 387 g/mol. The number of thioether (sulfide) groups is 1. The summed E-state index contributed by atoms with van der Waals surface area (Å²) in [5, 5.41) is 0. The lowest BCUT2D eigenvalue weighted by Gasteiger charge is -2.44. The number of halogens is 1. The molecule has 29 heavy (non-hydrogen) atoms. The molecule has 0 bridgehead atoms. The number of benzene rings is 1. The van der Waals surface area contributed by atoms with E-state index in [0.29, 0.717) is 37.5 Å². The molecule has 4 nitrogen and oxygen atoms in total. The van der Waals surface area contributed by atoms with Crippen LogP contribution in [0.2, 0.25) is 0 Å². The molecule has 1 atom stereocenters. The third-order valence-corrected chi connectivity index (χ3v) is 7.45. The Morgan fingerprint density at radius 1 is 1.14 bits per heavy atom. The van der Waals surface area contributed by atoms with Gasteiger partial charge in [-0.15, -0.1) is 11.8 Å². The van der Waals surface area contributed by atoms with Gasteiger partial charge in [0, 0.05) is 37.4 Å². The Balaban J connectivity index is 1.60. The zero-order valence-electron chi connectivity index (χ0n) is 18.0. The Morgan fingerprint density at radius 3 is 2.34 bits per heavy atom. The largest absolute Gasteiger partial charge is 0.342 e. The van der Waals surface area contributed by atoms with Crippen LogP contribution < -0.4 is 0 Å². The lowest BCUT2D eigenvalue weighted by Crippen LogP contribution is -2.53. The maximum atomic E-state index is 13.2. The summed E-state index contributed by atoms with van der Waals surface area (Å²) >= 11 is 1.83. The molecular formula is C23H33FN2O2S. The number of hydrogen-bond donors (Lipinski definition) is 0. The highest BCUT2D eigenvalue weighted by Crippen LogP contribution is 2.44. The lowest BCUT2D eigenvalue weighted by molar-refractivity contribution is -0.133. The molecule has 6 heteroatoms. The number of carbonyl (C=O) groups excluding carboxylic acids is 2. The first-order chi connectivity index (χ1) is 13.6. The zero-order valence-corrected chi connectivity index (χ0v) is 18.9. The van der Waals surface area contributed by atoms with E-state index in [-0.39, 0.29) is 27.9 Å². The number of nitrogens with zero attached hydrogens (tertiary/aromatic N) is 2. The summed E-state index contributed by atoms with van der Waals surface area (Å²) in [5.41, 5.74) is 0.760. The molecule has 2 amide bonds. The third kappa shape index (κ3) is 5.33. The number of rotatable bonds is 4. The first-order valence-corrected chi connectivity index (χ1v) is 11.6. The van der Waals surface area contributed by atoms with Crippen molar-refractivity contribution in [3.05, 3.63) is 35.6 Å². The molecule has 2 saturated heterocycles. The molecule has 0 saturated carbocycles. The van der Waals surface area contributed by atoms with E-state index in [4.69, 9.17) is 0 Å². The second-order valence-electron chi connectivity index (χ2n) is 9.71. The van der Waals surface area contributed by atoms with Crippen molar-refractivity contribution in [3.8, 4) is 0 Å². The molecule has 3 rings (SSSR count). The van der Waals surface area contributed by atoms with Crippen LogP contribution in [0.4, 0.5) is 4.39 Å². The number of piperidine rings is 1. The van der Waals surface area contributed by atoms with E-state index in [2.05, 4.69) is 27.7 Å². The predicted molar refractivity (Wildman–Crippen MR) is 116 cm³/mol. The van der Waals surface area contributed by atoms with Crippen LogP contribution in [0.3, 0.4) is 0 Å². The van der Waals surface area contributed by atoms with Gasteiger partial charge < -0.3 is 9.80 Å². The van der Waals surface area contributed by atoms with Crippen LogP contribution in [-0.2, 0) is 4.79 Å². The van der Waals surface area contributed by atoms with Gasteiger partial charge in [0.2, 0.25) is 5.91 Å². The van der Waals surface area contributed by atoms with Crippen molar-refractivity contribution in [2.75, 3.05) is 25.4 Å². The van der Waals surface area contributed by atoms with Gasteiger partial charge in [0.05, 0.1) is 4.87 Å². The van der Waals surface area contributed by atoms with E-state index in [1.54, 1.807) is 12.1 Å². The Hall–Kier alpha value is -1.56. The molecule has 2 fully saturated rings. The van der Waals surface area contributed by atoms with Crippen molar-refractivity contribution in [1.82, 2.24) is 9.80 Å². The van der Waals surface area contributed by atoms with Crippen LogP contribution in [0.15, 0.2) is 24.3 Å². The fourth-order valence-electron chi connectivity index (χ4n) is 4.71. The van der Waals surface area contributed by atoms with Crippen LogP contribution in [0.25, 0.3) is 0 Å². The van der Waals surface area contributed by atoms with Crippen LogP contribution in [0, 0.1) is 17.2 Å². The summed E-state index contributed by atoms with van der Waals surface area (Å²) in [6.45, 7) is 10.9. The smallest absolute Gasteiger partial charge is 0.254 e. The third-order valence-electron chi connectivity index (χ3n) is 5.90. The van der Waals surface area contributed by atoms with Crippen LogP contribution >= 0.6 is 11.8 Å².